The Bertz CT molecular complexity index is 646. The van der Waals surface area contributed by atoms with Crippen LogP contribution in [0.4, 0.5) is 5.82 Å². The van der Waals surface area contributed by atoms with E-state index in [1.54, 1.807) is 11.3 Å². The first kappa shape index (κ1) is 15.2. The van der Waals surface area contributed by atoms with E-state index in [1.807, 2.05) is 11.4 Å². The highest BCUT2D eigenvalue weighted by molar-refractivity contribution is 7.17. The van der Waals surface area contributed by atoms with Gasteiger partial charge in [0.05, 0.1) is 17.3 Å². The molecule has 0 spiro atoms. The largest absolute Gasteiger partial charge is 0.463 e. The van der Waals surface area contributed by atoms with Gasteiger partial charge in [0.1, 0.15) is 0 Å². The van der Waals surface area contributed by atoms with Crippen molar-refractivity contribution < 1.29 is 9.53 Å². The first-order valence-electron chi connectivity index (χ1n) is 7.88. The van der Waals surface area contributed by atoms with Crippen LogP contribution in [-0.2, 0) is 4.74 Å². The minimum Gasteiger partial charge on any atom is -0.463 e. The van der Waals surface area contributed by atoms with E-state index in [1.165, 1.54) is 45.6 Å². The molecule has 3 heterocycles. The number of hydrogen-bond donors (Lipinski definition) is 0. The first-order chi connectivity index (χ1) is 10.8. The van der Waals surface area contributed by atoms with Crippen molar-refractivity contribution in [1.29, 1.82) is 0 Å². The molecule has 1 fully saturated rings. The molecule has 0 saturated carbocycles. The minimum atomic E-state index is -0.474. The van der Waals surface area contributed by atoms with Gasteiger partial charge in [-0.05, 0) is 24.3 Å². The molecule has 0 unspecified atom stereocenters. The van der Waals surface area contributed by atoms with E-state index in [4.69, 9.17) is 4.74 Å². The molecule has 5 nitrogen and oxygen atoms in total. The third kappa shape index (κ3) is 3.21. The number of anilines is 1. The molecule has 3 rings (SSSR count). The fourth-order valence-corrected chi connectivity index (χ4v) is 3.73. The molecule has 0 bridgehead atoms. The summed E-state index contributed by atoms with van der Waals surface area (Å²) in [5.74, 6) is 0.573. The van der Waals surface area contributed by atoms with Crippen LogP contribution in [0.1, 0.15) is 49.1 Å². The molecule has 1 aliphatic rings. The highest BCUT2D eigenvalue weighted by Crippen LogP contribution is 2.30. The molecule has 6 heteroatoms. The van der Waals surface area contributed by atoms with Crippen LogP contribution in [0.5, 0.6) is 0 Å². The summed E-state index contributed by atoms with van der Waals surface area (Å²) in [7, 11) is 1.36. The standard InChI is InChI=1S/C16H21N3O2S/c1-21-16(20)14-17-12-8-11-22-13(12)15(18-14)19-9-6-4-2-3-5-7-10-19/h8,11H,2-7,9-10H2,1H3. The van der Waals surface area contributed by atoms with E-state index >= 15 is 0 Å². The average molecular weight is 319 g/mol. The zero-order chi connectivity index (χ0) is 15.4. The zero-order valence-electron chi connectivity index (χ0n) is 12.9. The predicted molar refractivity (Wildman–Crippen MR) is 88.7 cm³/mol. The number of fused-ring (bicyclic) bond motifs is 1. The maximum absolute atomic E-state index is 11.8. The van der Waals surface area contributed by atoms with E-state index in [0.717, 1.165) is 29.1 Å². The van der Waals surface area contributed by atoms with Crippen molar-refractivity contribution in [3.8, 4) is 0 Å². The summed E-state index contributed by atoms with van der Waals surface area (Å²) in [6.45, 7) is 1.98. The lowest BCUT2D eigenvalue weighted by Crippen LogP contribution is -2.27. The lowest BCUT2D eigenvalue weighted by Gasteiger charge is -2.23. The van der Waals surface area contributed by atoms with Crippen LogP contribution in [0.2, 0.25) is 0 Å². The number of esters is 1. The summed E-state index contributed by atoms with van der Waals surface area (Å²) >= 11 is 1.63. The van der Waals surface area contributed by atoms with Crippen LogP contribution in [0, 0.1) is 0 Å². The molecule has 0 radical (unpaired) electrons. The SMILES string of the molecule is COC(=O)c1nc(N2CCCCCCCC2)c2sccc2n1. The number of rotatable bonds is 2. The Kier molecular flexibility index (Phi) is 4.87. The monoisotopic (exact) mass is 319 g/mol. The molecule has 0 aliphatic carbocycles. The van der Waals surface area contributed by atoms with Gasteiger partial charge in [-0.25, -0.2) is 14.8 Å². The van der Waals surface area contributed by atoms with Gasteiger partial charge in [-0.2, -0.15) is 0 Å². The van der Waals surface area contributed by atoms with Crippen LogP contribution >= 0.6 is 11.3 Å². The summed E-state index contributed by atoms with van der Waals surface area (Å²) in [6.07, 6.45) is 7.51. The van der Waals surface area contributed by atoms with Crippen molar-refractivity contribution in [2.45, 2.75) is 38.5 Å². The van der Waals surface area contributed by atoms with Gasteiger partial charge in [0.2, 0.25) is 5.82 Å². The van der Waals surface area contributed by atoms with Gasteiger partial charge >= 0.3 is 5.97 Å². The second-order valence-corrected chi connectivity index (χ2v) is 6.52. The van der Waals surface area contributed by atoms with Gasteiger partial charge in [-0.15, -0.1) is 11.3 Å². The molecular formula is C16H21N3O2S. The Hall–Kier alpha value is -1.69. The summed E-state index contributed by atoms with van der Waals surface area (Å²) in [5.41, 5.74) is 0.829. The van der Waals surface area contributed by atoms with Crippen LogP contribution in [0.3, 0.4) is 0 Å². The van der Waals surface area contributed by atoms with Crippen LogP contribution in [0.15, 0.2) is 11.4 Å². The minimum absolute atomic E-state index is 0.156. The van der Waals surface area contributed by atoms with Gasteiger partial charge in [-0.3, -0.25) is 0 Å². The third-order valence-electron chi connectivity index (χ3n) is 4.06. The molecule has 0 N–H and O–H groups in total. The number of carbonyl (C=O) groups excluding carboxylic acids is 1. The number of ether oxygens (including phenoxy) is 1. The quantitative estimate of drug-likeness (QED) is 0.791. The van der Waals surface area contributed by atoms with Crippen LogP contribution in [0.25, 0.3) is 10.2 Å². The summed E-state index contributed by atoms with van der Waals surface area (Å²) < 4.78 is 5.85. The Labute approximate surface area is 134 Å². The maximum Gasteiger partial charge on any atom is 0.376 e. The smallest absolute Gasteiger partial charge is 0.376 e. The fraction of sp³-hybridized carbons (Fsp3) is 0.562. The molecule has 1 saturated heterocycles. The number of nitrogens with zero attached hydrogens (tertiary/aromatic N) is 3. The predicted octanol–water partition coefficient (Wildman–Crippen LogP) is 3.64. The molecule has 0 aromatic carbocycles. The summed E-state index contributed by atoms with van der Waals surface area (Å²) in [6, 6.07) is 1.94. The number of carbonyl (C=O) groups is 1. The van der Waals surface area contributed by atoms with E-state index in [0.29, 0.717) is 0 Å². The van der Waals surface area contributed by atoms with Crippen molar-refractivity contribution in [1.82, 2.24) is 9.97 Å². The highest BCUT2D eigenvalue weighted by Gasteiger charge is 2.19. The van der Waals surface area contributed by atoms with Crippen molar-refractivity contribution in [2.75, 3.05) is 25.1 Å². The highest BCUT2D eigenvalue weighted by atomic mass is 32.1. The number of hydrogen-bond acceptors (Lipinski definition) is 6. The molecule has 0 amide bonds. The Morgan fingerprint density at radius 3 is 2.50 bits per heavy atom. The van der Waals surface area contributed by atoms with E-state index < -0.39 is 5.97 Å². The summed E-state index contributed by atoms with van der Waals surface area (Å²) in [5, 5.41) is 2.00. The van der Waals surface area contributed by atoms with Gasteiger partial charge in [0, 0.05) is 13.1 Å². The maximum atomic E-state index is 11.8. The summed E-state index contributed by atoms with van der Waals surface area (Å²) in [4.78, 5) is 23.0. The topological polar surface area (TPSA) is 55.3 Å². The molecule has 0 atom stereocenters. The third-order valence-corrected chi connectivity index (χ3v) is 4.96. The normalized spacial score (nSPS) is 16.9. The molecule has 22 heavy (non-hydrogen) atoms. The van der Waals surface area contributed by atoms with Crippen molar-refractivity contribution in [3.63, 3.8) is 0 Å². The Morgan fingerprint density at radius 1 is 1.14 bits per heavy atom. The van der Waals surface area contributed by atoms with Crippen molar-refractivity contribution in [3.05, 3.63) is 17.3 Å². The first-order valence-corrected chi connectivity index (χ1v) is 8.76. The van der Waals surface area contributed by atoms with E-state index in [2.05, 4.69) is 14.9 Å². The molecule has 2 aromatic rings. The Morgan fingerprint density at radius 2 is 1.82 bits per heavy atom. The average Bonchev–Trinajstić information content (AvgIpc) is 3.05. The van der Waals surface area contributed by atoms with Gasteiger partial charge in [-0.1, -0.05) is 25.7 Å². The van der Waals surface area contributed by atoms with Gasteiger partial charge in [0.25, 0.3) is 0 Å². The van der Waals surface area contributed by atoms with Crippen molar-refractivity contribution >= 4 is 33.3 Å². The zero-order valence-corrected chi connectivity index (χ0v) is 13.7. The fourth-order valence-electron chi connectivity index (χ4n) is 2.88. The molecular weight excluding hydrogens is 298 g/mol. The van der Waals surface area contributed by atoms with Crippen LogP contribution in [-0.4, -0.2) is 36.1 Å². The van der Waals surface area contributed by atoms with Crippen molar-refractivity contribution in [2.24, 2.45) is 0 Å². The number of thiophene rings is 1. The van der Waals surface area contributed by atoms with E-state index in [-0.39, 0.29) is 5.82 Å². The second-order valence-electron chi connectivity index (χ2n) is 5.61. The molecule has 2 aromatic heterocycles. The molecule has 1 aliphatic heterocycles. The lowest BCUT2D eigenvalue weighted by atomic mass is 10.1. The number of aromatic nitrogens is 2. The van der Waals surface area contributed by atoms with Gasteiger partial charge < -0.3 is 9.64 Å². The van der Waals surface area contributed by atoms with E-state index in [9.17, 15) is 4.79 Å². The number of methoxy groups -OCH3 is 1. The molecule has 118 valence electrons. The van der Waals surface area contributed by atoms with Gasteiger partial charge in [0.15, 0.2) is 5.82 Å². The van der Waals surface area contributed by atoms with Crippen LogP contribution < -0.4 is 4.90 Å². The Balaban J connectivity index is 1.99. The second kappa shape index (κ2) is 7.05. The lowest BCUT2D eigenvalue weighted by molar-refractivity contribution is 0.0587.